The third-order valence-electron chi connectivity index (χ3n) is 3.54. The van der Waals surface area contributed by atoms with E-state index >= 15 is 0 Å². The Morgan fingerprint density at radius 1 is 0.952 bits per heavy atom. The van der Waals surface area contributed by atoms with E-state index in [1.54, 1.807) is 12.1 Å². The van der Waals surface area contributed by atoms with Crippen LogP contribution in [0.3, 0.4) is 0 Å². The maximum Gasteiger partial charge on any atom is 0.198 e. The van der Waals surface area contributed by atoms with Crippen molar-refractivity contribution < 1.29 is 19.7 Å². The lowest BCUT2D eigenvalue weighted by molar-refractivity contribution is -0.248. The number of phenols is 2. The number of ether oxygens (including phenoxy) is 2. The van der Waals surface area contributed by atoms with Crippen molar-refractivity contribution in [2.75, 3.05) is 13.2 Å². The lowest BCUT2D eigenvalue weighted by Crippen LogP contribution is -2.33. The van der Waals surface area contributed by atoms with Crippen LogP contribution in [0.15, 0.2) is 18.2 Å². The standard InChI is InChI=1S/C17H28O4/c1-4-7-8-9-13-17(20-5-2,21-6-3)14-11-10-12-15(18)16(14)19/h10-12,18-19H,4-9,13H2,1-3H3. The minimum absolute atomic E-state index is 0.148. The summed E-state index contributed by atoms with van der Waals surface area (Å²) in [4.78, 5) is 0. The fourth-order valence-corrected chi connectivity index (χ4v) is 2.57. The van der Waals surface area contributed by atoms with E-state index in [9.17, 15) is 10.2 Å². The highest BCUT2D eigenvalue weighted by Crippen LogP contribution is 2.41. The number of hydrogen-bond donors (Lipinski definition) is 2. The van der Waals surface area contributed by atoms with Crippen LogP contribution in [-0.4, -0.2) is 23.4 Å². The normalized spacial score (nSPS) is 11.8. The van der Waals surface area contributed by atoms with Gasteiger partial charge in [-0.15, -0.1) is 0 Å². The monoisotopic (exact) mass is 296 g/mol. The van der Waals surface area contributed by atoms with Crippen molar-refractivity contribution in [3.05, 3.63) is 23.8 Å². The molecule has 0 aliphatic heterocycles. The summed E-state index contributed by atoms with van der Waals surface area (Å²) in [6.07, 6.45) is 5.03. The molecule has 0 aromatic heterocycles. The first-order valence-electron chi connectivity index (χ1n) is 7.90. The average Bonchev–Trinajstić information content (AvgIpc) is 2.47. The molecule has 0 saturated carbocycles. The Labute approximate surface area is 127 Å². The van der Waals surface area contributed by atoms with Crippen LogP contribution in [0.2, 0.25) is 0 Å². The lowest BCUT2D eigenvalue weighted by atomic mass is 9.97. The zero-order valence-electron chi connectivity index (χ0n) is 13.4. The lowest BCUT2D eigenvalue weighted by Gasteiger charge is -2.34. The van der Waals surface area contributed by atoms with E-state index in [0.29, 0.717) is 25.2 Å². The van der Waals surface area contributed by atoms with Crippen LogP contribution >= 0.6 is 0 Å². The molecule has 0 saturated heterocycles. The Bertz CT molecular complexity index is 411. The zero-order chi connectivity index (χ0) is 15.7. The van der Waals surface area contributed by atoms with E-state index in [1.165, 1.54) is 12.5 Å². The van der Waals surface area contributed by atoms with Gasteiger partial charge in [0.1, 0.15) is 0 Å². The van der Waals surface area contributed by atoms with Crippen molar-refractivity contribution in [3.8, 4) is 11.5 Å². The van der Waals surface area contributed by atoms with Crippen LogP contribution in [0, 0.1) is 0 Å². The minimum Gasteiger partial charge on any atom is -0.504 e. The van der Waals surface area contributed by atoms with E-state index in [2.05, 4.69) is 6.92 Å². The Morgan fingerprint density at radius 3 is 2.19 bits per heavy atom. The number of unbranched alkanes of at least 4 members (excludes halogenated alkanes) is 3. The molecule has 1 aromatic carbocycles. The topological polar surface area (TPSA) is 58.9 Å². The Balaban J connectivity index is 3.05. The van der Waals surface area contributed by atoms with Gasteiger partial charge in [0.2, 0.25) is 0 Å². The molecule has 21 heavy (non-hydrogen) atoms. The molecular weight excluding hydrogens is 268 g/mol. The summed E-state index contributed by atoms with van der Waals surface area (Å²) in [5, 5.41) is 19.9. The van der Waals surface area contributed by atoms with E-state index in [-0.39, 0.29) is 11.5 Å². The van der Waals surface area contributed by atoms with Crippen molar-refractivity contribution in [1.29, 1.82) is 0 Å². The van der Waals surface area contributed by atoms with Crippen LogP contribution < -0.4 is 0 Å². The molecule has 0 unspecified atom stereocenters. The molecule has 0 amide bonds. The molecule has 0 aliphatic rings. The fourth-order valence-electron chi connectivity index (χ4n) is 2.57. The Morgan fingerprint density at radius 2 is 1.62 bits per heavy atom. The van der Waals surface area contributed by atoms with Crippen LogP contribution in [0.1, 0.15) is 58.4 Å². The first-order valence-corrected chi connectivity index (χ1v) is 7.90. The number of hydrogen-bond acceptors (Lipinski definition) is 4. The third kappa shape index (κ3) is 4.61. The SMILES string of the molecule is CCCCCCC(OCC)(OCC)c1cccc(O)c1O. The summed E-state index contributed by atoms with van der Waals surface area (Å²) in [7, 11) is 0. The molecule has 1 rings (SSSR count). The van der Waals surface area contributed by atoms with E-state index < -0.39 is 5.79 Å². The van der Waals surface area contributed by atoms with Crippen molar-refractivity contribution in [2.45, 2.75) is 58.7 Å². The van der Waals surface area contributed by atoms with Crippen molar-refractivity contribution in [3.63, 3.8) is 0 Å². The van der Waals surface area contributed by atoms with Gasteiger partial charge in [-0.05, 0) is 32.4 Å². The molecule has 0 radical (unpaired) electrons. The second-order valence-corrected chi connectivity index (χ2v) is 5.10. The summed E-state index contributed by atoms with van der Waals surface area (Å²) in [5.41, 5.74) is 0.502. The smallest absolute Gasteiger partial charge is 0.198 e. The van der Waals surface area contributed by atoms with Gasteiger partial charge in [-0.25, -0.2) is 0 Å². The molecule has 4 nitrogen and oxygen atoms in total. The molecule has 0 fully saturated rings. The second-order valence-electron chi connectivity index (χ2n) is 5.10. The van der Waals surface area contributed by atoms with Crippen LogP contribution in [-0.2, 0) is 15.3 Å². The van der Waals surface area contributed by atoms with Crippen molar-refractivity contribution >= 4 is 0 Å². The molecule has 2 N–H and O–H groups in total. The molecule has 0 bridgehead atoms. The van der Waals surface area contributed by atoms with Gasteiger partial charge in [-0.2, -0.15) is 0 Å². The first-order chi connectivity index (χ1) is 10.1. The van der Waals surface area contributed by atoms with Gasteiger partial charge in [0.05, 0.1) is 5.56 Å². The maximum absolute atomic E-state index is 10.2. The average molecular weight is 296 g/mol. The summed E-state index contributed by atoms with van der Waals surface area (Å²) in [5.74, 6) is -1.29. The second kappa shape index (κ2) is 8.90. The first kappa shape index (κ1) is 17.8. The van der Waals surface area contributed by atoms with Gasteiger partial charge in [0.15, 0.2) is 17.3 Å². The molecule has 0 heterocycles. The summed E-state index contributed by atoms with van der Waals surface area (Å²) >= 11 is 0. The molecule has 1 aromatic rings. The number of rotatable bonds is 10. The van der Waals surface area contributed by atoms with E-state index in [1.807, 2.05) is 13.8 Å². The molecule has 0 aliphatic carbocycles. The van der Waals surface area contributed by atoms with Gasteiger partial charge in [0.25, 0.3) is 0 Å². The van der Waals surface area contributed by atoms with Gasteiger partial charge in [-0.1, -0.05) is 32.3 Å². The van der Waals surface area contributed by atoms with Crippen LogP contribution in [0.5, 0.6) is 11.5 Å². The van der Waals surface area contributed by atoms with Crippen LogP contribution in [0.25, 0.3) is 0 Å². The van der Waals surface area contributed by atoms with Gasteiger partial charge >= 0.3 is 0 Å². The van der Waals surface area contributed by atoms with Crippen molar-refractivity contribution in [1.82, 2.24) is 0 Å². The molecular formula is C17H28O4. The highest BCUT2D eigenvalue weighted by Gasteiger charge is 2.36. The summed E-state index contributed by atoms with van der Waals surface area (Å²) < 4.78 is 11.8. The number of para-hydroxylation sites is 1. The largest absolute Gasteiger partial charge is 0.504 e. The highest BCUT2D eigenvalue weighted by molar-refractivity contribution is 5.46. The number of benzene rings is 1. The van der Waals surface area contributed by atoms with Gasteiger partial charge < -0.3 is 19.7 Å². The molecule has 0 spiro atoms. The number of phenolic OH excluding ortho intramolecular Hbond substituents is 2. The van der Waals surface area contributed by atoms with Gasteiger partial charge in [-0.3, -0.25) is 0 Å². The quantitative estimate of drug-likeness (QED) is 0.384. The molecule has 4 heteroatoms. The minimum atomic E-state index is -0.986. The van der Waals surface area contributed by atoms with E-state index in [4.69, 9.17) is 9.47 Å². The molecule has 0 atom stereocenters. The summed E-state index contributed by atoms with van der Waals surface area (Å²) in [6, 6.07) is 4.90. The third-order valence-corrected chi connectivity index (χ3v) is 3.54. The summed E-state index contributed by atoms with van der Waals surface area (Å²) in [6.45, 7) is 6.92. The van der Waals surface area contributed by atoms with Crippen LogP contribution in [0.4, 0.5) is 0 Å². The molecule has 120 valence electrons. The zero-order valence-corrected chi connectivity index (χ0v) is 13.4. The Kier molecular flexibility index (Phi) is 7.54. The fraction of sp³-hybridized carbons (Fsp3) is 0.647. The highest BCUT2D eigenvalue weighted by atomic mass is 16.7. The number of aromatic hydroxyl groups is 2. The van der Waals surface area contributed by atoms with Gasteiger partial charge in [0, 0.05) is 19.6 Å². The van der Waals surface area contributed by atoms with E-state index in [0.717, 1.165) is 19.3 Å². The Hall–Kier alpha value is -1.26. The predicted molar refractivity (Wildman–Crippen MR) is 83.5 cm³/mol. The van der Waals surface area contributed by atoms with Crippen molar-refractivity contribution in [2.24, 2.45) is 0 Å². The maximum atomic E-state index is 10.2. The predicted octanol–water partition coefficient (Wildman–Crippen LogP) is 4.29.